The standard InChI is InChI=1S/C15H18FN3O2S/c1-11-9-17-18-15(11)12-3-2-8-19(10-12)22(20,21)14-6-4-13(16)5-7-14/h4-7,9,12H,2-3,8,10H2,1H3,(H,17,18)/t12-/m1/s1. The van der Waals surface area contributed by atoms with Crippen LogP contribution in [0.1, 0.15) is 30.0 Å². The third kappa shape index (κ3) is 2.78. The van der Waals surface area contributed by atoms with Crippen molar-refractivity contribution in [3.05, 3.63) is 47.5 Å². The smallest absolute Gasteiger partial charge is 0.243 e. The fourth-order valence-corrected chi connectivity index (χ4v) is 4.45. The second-order valence-electron chi connectivity index (χ2n) is 5.62. The van der Waals surface area contributed by atoms with Crippen LogP contribution in [0.3, 0.4) is 0 Å². The van der Waals surface area contributed by atoms with Gasteiger partial charge in [0.2, 0.25) is 10.0 Å². The van der Waals surface area contributed by atoms with Gasteiger partial charge in [-0.05, 0) is 49.6 Å². The van der Waals surface area contributed by atoms with Crippen LogP contribution < -0.4 is 0 Å². The van der Waals surface area contributed by atoms with Crippen LogP contribution in [0.25, 0.3) is 0 Å². The minimum Gasteiger partial charge on any atom is -0.282 e. The quantitative estimate of drug-likeness (QED) is 0.943. The Morgan fingerprint density at radius 1 is 1.32 bits per heavy atom. The lowest BCUT2D eigenvalue weighted by Crippen LogP contribution is -2.39. The Bertz CT molecular complexity index is 755. The maximum atomic E-state index is 13.0. The molecule has 1 saturated heterocycles. The lowest BCUT2D eigenvalue weighted by atomic mass is 9.94. The van der Waals surface area contributed by atoms with Gasteiger partial charge in [0.25, 0.3) is 0 Å². The summed E-state index contributed by atoms with van der Waals surface area (Å²) in [6.45, 7) is 2.87. The van der Waals surface area contributed by atoms with Crippen molar-refractivity contribution in [2.45, 2.75) is 30.6 Å². The fraction of sp³-hybridized carbons (Fsp3) is 0.400. The zero-order valence-electron chi connectivity index (χ0n) is 12.3. The van der Waals surface area contributed by atoms with Gasteiger partial charge in [-0.15, -0.1) is 0 Å². The first-order valence-corrected chi connectivity index (χ1v) is 8.68. The van der Waals surface area contributed by atoms with E-state index in [1.54, 1.807) is 6.20 Å². The van der Waals surface area contributed by atoms with Gasteiger partial charge in [-0.25, -0.2) is 12.8 Å². The number of hydrogen-bond donors (Lipinski definition) is 1. The molecule has 7 heteroatoms. The van der Waals surface area contributed by atoms with Gasteiger partial charge in [0.15, 0.2) is 0 Å². The molecule has 0 saturated carbocycles. The molecule has 1 atom stereocenters. The van der Waals surface area contributed by atoms with E-state index in [2.05, 4.69) is 10.2 Å². The van der Waals surface area contributed by atoms with Crippen LogP contribution in [-0.4, -0.2) is 36.0 Å². The summed E-state index contributed by atoms with van der Waals surface area (Å²) in [7, 11) is -3.58. The number of halogens is 1. The zero-order chi connectivity index (χ0) is 15.7. The van der Waals surface area contributed by atoms with Gasteiger partial charge in [0.05, 0.1) is 11.1 Å². The van der Waals surface area contributed by atoms with Crippen LogP contribution >= 0.6 is 0 Å². The predicted octanol–water partition coefficient (Wildman–Crippen LogP) is 2.43. The molecule has 1 aliphatic heterocycles. The van der Waals surface area contributed by atoms with Gasteiger partial charge < -0.3 is 0 Å². The normalized spacial score (nSPS) is 20.2. The summed E-state index contributed by atoms with van der Waals surface area (Å²) in [6.07, 6.45) is 3.48. The van der Waals surface area contributed by atoms with Crippen molar-refractivity contribution in [2.24, 2.45) is 0 Å². The molecule has 1 aromatic carbocycles. The van der Waals surface area contributed by atoms with E-state index < -0.39 is 15.8 Å². The Kier molecular flexibility index (Phi) is 4.01. The van der Waals surface area contributed by atoms with E-state index >= 15 is 0 Å². The molecule has 0 amide bonds. The lowest BCUT2D eigenvalue weighted by molar-refractivity contribution is 0.312. The molecule has 0 spiro atoms. The maximum Gasteiger partial charge on any atom is 0.243 e. The molecule has 2 heterocycles. The summed E-state index contributed by atoms with van der Waals surface area (Å²) in [4.78, 5) is 0.135. The minimum absolute atomic E-state index is 0.117. The number of H-pyrrole nitrogens is 1. The van der Waals surface area contributed by atoms with Gasteiger partial charge in [-0.2, -0.15) is 9.40 Å². The Hall–Kier alpha value is -1.73. The molecule has 22 heavy (non-hydrogen) atoms. The maximum absolute atomic E-state index is 13.0. The molecule has 1 fully saturated rings. The molecule has 1 aliphatic rings. The van der Waals surface area contributed by atoms with E-state index in [1.165, 1.54) is 28.6 Å². The third-order valence-electron chi connectivity index (χ3n) is 4.11. The van der Waals surface area contributed by atoms with E-state index in [1.807, 2.05) is 6.92 Å². The molecule has 0 aliphatic carbocycles. The highest BCUT2D eigenvalue weighted by Crippen LogP contribution is 2.30. The number of rotatable bonds is 3. The minimum atomic E-state index is -3.58. The number of piperidine rings is 1. The molecule has 2 aromatic rings. The first-order chi connectivity index (χ1) is 10.5. The highest BCUT2D eigenvalue weighted by atomic mass is 32.2. The van der Waals surface area contributed by atoms with Crippen LogP contribution in [0.15, 0.2) is 35.4 Å². The Labute approximate surface area is 129 Å². The number of nitrogens with one attached hydrogen (secondary N) is 1. The molecule has 118 valence electrons. The first kappa shape index (κ1) is 15.2. The Morgan fingerprint density at radius 2 is 2.05 bits per heavy atom. The van der Waals surface area contributed by atoms with Gasteiger partial charge >= 0.3 is 0 Å². The lowest BCUT2D eigenvalue weighted by Gasteiger charge is -2.31. The van der Waals surface area contributed by atoms with Crippen molar-refractivity contribution in [1.29, 1.82) is 0 Å². The molecule has 5 nitrogen and oxygen atoms in total. The monoisotopic (exact) mass is 323 g/mol. The summed E-state index contributed by atoms with van der Waals surface area (Å²) < 4.78 is 39.8. The molecule has 0 unspecified atom stereocenters. The Balaban J connectivity index is 1.85. The largest absolute Gasteiger partial charge is 0.282 e. The van der Waals surface area contributed by atoms with Gasteiger partial charge in [-0.3, -0.25) is 5.10 Å². The van der Waals surface area contributed by atoms with Gasteiger partial charge in [0.1, 0.15) is 5.82 Å². The summed E-state index contributed by atoms with van der Waals surface area (Å²) in [5, 5.41) is 6.99. The highest BCUT2D eigenvalue weighted by molar-refractivity contribution is 7.89. The second kappa shape index (κ2) is 5.81. The topological polar surface area (TPSA) is 66.1 Å². The Morgan fingerprint density at radius 3 is 2.68 bits per heavy atom. The van der Waals surface area contributed by atoms with E-state index in [0.717, 1.165) is 24.1 Å². The molecular weight excluding hydrogens is 305 g/mol. The van der Waals surface area contributed by atoms with E-state index in [4.69, 9.17) is 0 Å². The van der Waals surface area contributed by atoms with E-state index in [-0.39, 0.29) is 10.8 Å². The second-order valence-corrected chi connectivity index (χ2v) is 7.56. The summed E-state index contributed by atoms with van der Waals surface area (Å²) in [5.41, 5.74) is 2.05. The predicted molar refractivity (Wildman–Crippen MR) is 80.5 cm³/mol. The summed E-state index contributed by atoms with van der Waals surface area (Å²) in [6, 6.07) is 4.98. The number of hydrogen-bond acceptors (Lipinski definition) is 3. The third-order valence-corrected chi connectivity index (χ3v) is 5.99. The number of benzene rings is 1. The highest BCUT2D eigenvalue weighted by Gasteiger charge is 2.31. The van der Waals surface area contributed by atoms with Crippen LogP contribution in [0.4, 0.5) is 4.39 Å². The average molecular weight is 323 g/mol. The van der Waals surface area contributed by atoms with Gasteiger partial charge in [0, 0.05) is 24.7 Å². The van der Waals surface area contributed by atoms with Crippen molar-refractivity contribution in [1.82, 2.24) is 14.5 Å². The number of nitrogens with zero attached hydrogens (tertiary/aromatic N) is 2. The molecule has 1 aromatic heterocycles. The van der Waals surface area contributed by atoms with Gasteiger partial charge in [-0.1, -0.05) is 0 Å². The number of aromatic amines is 1. The van der Waals surface area contributed by atoms with Crippen LogP contribution in [-0.2, 0) is 10.0 Å². The van der Waals surface area contributed by atoms with E-state index in [9.17, 15) is 12.8 Å². The van der Waals surface area contributed by atoms with Crippen LogP contribution in [0.2, 0.25) is 0 Å². The zero-order valence-corrected chi connectivity index (χ0v) is 13.1. The number of sulfonamides is 1. The SMILES string of the molecule is Cc1cn[nH]c1[C@@H]1CCCN(S(=O)(=O)c2ccc(F)cc2)C1. The average Bonchev–Trinajstić information content (AvgIpc) is 2.94. The molecule has 0 bridgehead atoms. The van der Waals surface area contributed by atoms with Crippen LogP contribution in [0, 0.1) is 12.7 Å². The van der Waals surface area contributed by atoms with Crippen LogP contribution in [0.5, 0.6) is 0 Å². The van der Waals surface area contributed by atoms with Crippen molar-refractivity contribution in [3.63, 3.8) is 0 Å². The number of aromatic nitrogens is 2. The number of aryl methyl sites for hydroxylation is 1. The molecule has 1 N–H and O–H groups in total. The fourth-order valence-electron chi connectivity index (χ4n) is 2.92. The molecule has 3 rings (SSSR count). The van der Waals surface area contributed by atoms with E-state index in [0.29, 0.717) is 13.1 Å². The molecular formula is C15H18FN3O2S. The summed E-state index contributed by atoms with van der Waals surface area (Å²) in [5.74, 6) is -0.324. The van der Waals surface area contributed by atoms with Crippen molar-refractivity contribution in [3.8, 4) is 0 Å². The first-order valence-electron chi connectivity index (χ1n) is 7.24. The van der Waals surface area contributed by atoms with Crippen molar-refractivity contribution in [2.75, 3.05) is 13.1 Å². The van der Waals surface area contributed by atoms with Crippen molar-refractivity contribution >= 4 is 10.0 Å². The summed E-state index contributed by atoms with van der Waals surface area (Å²) >= 11 is 0. The van der Waals surface area contributed by atoms with Crippen molar-refractivity contribution < 1.29 is 12.8 Å². The molecule has 0 radical (unpaired) electrons.